The van der Waals surface area contributed by atoms with Gasteiger partial charge >= 0.3 is 5.97 Å². The van der Waals surface area contributed by atoms with E-state index in [1.165, 1.54) is 7.11 Å². The number of hydrogen-bond donors (Lipinski definition) is 0. The number of methoxy groups -OCH3 is 1. The molecule has 1 atom stereocenters. The van der Waals surface area contributed by atoms with E-state index in [1.807, 2.05) is 0 Å². The third-order valence-electron chi connectivity index (χ3n) is 3.12. The van der Waals surface area contributed by atoms with E-state index in [0.717, 1.165) is 44.9 Å². The molecule has 0 saturated heterocycles. The van der Waals surface area contributed by atoms with Gasteiger partial charge in [-0.15, -0.1) is 0 Å². The third kappa shape index (κ3) is 8.90. The molecule has 3 heteroatoms. The summed E-state index contributed by atoms with van der Waals surface area (Å²) in [6, 6.07) is 0. The Labute approximate surface area is 105 Å². The van der Waals surface area contributed by atoms with Crippen LogP contribution >= 0.6 is 0 Å². The van der Waals surface area contributed by atoms with Crippen molar-refractivity contribution in [3.05, 3.63) is 0 Å². The van der Waals surface area contributed by atoms with Crippen molar-refractivity contribution in [2.45, 2.75) is 65.2 Å². The summed E-state index contributed by atoms with van der Waals surface area (Å²) in [5.41, 5.74) is 0. The average molecular weight is 242 g/mol. The summed E-state index contributed by atoms with van der Waals surface area (Å²) < 4.78 is 4.57. The Morgan fingerprint density at radius 3 is 2.24 bits per heavy atom. The van der Waals surface area contributed by atoms with Crippen molar-refractivity contribution in [3.63, 3.8) is 0 Å². The molecule has 0 amide bonds. The molecular weight excluding hydrogens is 216 g/mol. The van der Waals surface area contributed by atoms with E-state index in [-0.39, 0.29) is 11.9 Å². The molecule has 0 N–H and O–H groups in total. The van der Waals surface area contributed by atoms with Crippen molar-refractivity contribution < 1.29 is 14.3 Å². The van der Waals surface area contributed by atoms with Gasteiger partial charge in [-0.3, -0.25) is 9.59 Å². The van der Waals surface area contributed by atoms with Gasteiger partial charge in [-0.1, -0.05) is 32.6 Å². The van der Waals surface area contributed by atoms with E-state index >= 15 is 0 Å². The molecule has 0 aliphatic heterocycles. The van der Waals surface area contributed by atoms with Gasteiger partial charge in [0.2, 0.25) is 0 Å². The number of carbonyl (C=O) groups excluding carboxylic acids is 2. The molecule has 1 unspecified atom stereocenters. The molecule has 0 rings (SSSR count). The van der Waals surface area contributed by atoms with Gasteiger partial charge in [0.05, 0.1) is 7.11 Å². The van der Waals surface area contributed by atoms with Crippen molar-refractivity contribution in [2.24, 2.45) is 5.92 Å². The first-order valence-electron chi connectivity index (χ1n) is 6.69. The first-order valence-corrected chi connectivity index (χ1v) is 6.69. The van der Waals surface area contributed by atoms with Gasteiger partial charge in [0.15, 0.2) is 0 Å². The maximum Gasteiger partial charge on any atom is 0.305 e. The molecule has 0 fully saturated rings. The highest BCUT2D eigenvalue weighted by Gasteiger charge is 2.12. The standard InChI is InChI=1S/C14H26O3/c1-4-9-13(12(2)15)10-7-5-6-8-11-14(16)17-3/h13H,4-11H2,1-3H3. The van der Waals surface area contributed by atoms with Crippen LogP contribution in [-0.4, -0.2) is 18.9 Å². The number of hydrogen-bond acceptors (Lipinski definition) is 3. The van der Waals surface area contributed by atoms with E-state index in [2.05, 4.69) is 11.7 Å². The number of rotatable bonds is 10. The SMILES string of the molecule is CCCC(CCCCCCC(=O)OC)C(C)=O. The maximum atomic E-state index is 11.3. The zero-order valence-electron chi connectivity index (χ0n) is 11.5. The zero-order chi connectivity index (χ0) is 13.1. The molecular formula is C14H26O3. The Kier molecular flexibility index (Phi) is 9.78. The highest BCUT2D eigenvalue weighted by atomic mass is 16.5. The average Bonchev–Trinajstić information content (AvgIpc) is 2.31. The minimum absolute atomic E-state index is 0.127. The summed E-state index contributed by atoms with van der Waals surface area (Å²) in [6.07, 6.45) is 7.74. The molecule has 0 aromatic heterocycles. The predicted molar refractivity (Wildman–Crippen MR) is 68.8 cm³/mol. The molecule has 0 bridgehead atoms. The van der Waals surface area contributed by atoms with Gasteiger partial charge in [0, 0.05) is 12.3 Å². The predicted octanol–water partition coefficient (Wildman–Crippen LogP) is 3.51. The molecule has 100 valence electrons. The van der Waals surface area contributed by atoms with Crippen molar-refractivity contribution in [3.8, 4) is 0 Å². The molecule has 0 aliphatic carbocycles. The molecule has 0 saturated carbocycles. The summed E-state index contributed by atoms with van der Waals surface area (Å²) in [4.78, 5) is 22.2. The topological polar surface area (TPSA) is 43.4 Å². The van der Waals surface area contributed by atoms with Crippen LogP contribution in [0.3, 0.4) is 0 Å². The number of esters is 1. The molecule has 0 spiro atoms. The fourth-order valence-electron chi connectivity index (χ4n) is 2.02. The Balaban J connectivity index is 3.48. The van der Waals surface area contributed by atoms with Crippen molar-refractivity contribution in [1.82, 2.24) is 0 Å². The summed E-state index contributed by atoms with van der Waals surface area (Å²) in [7, 11) is 1.42. The first kappa shape index (κ1) is 16.1. The minimum Gasteiger partial charge on any atom is -0.469 e. The van der Waals surface area contributed by atoms with E-state index in [9.17, 15) is 9.59 Å². The second-order valence-electron chi connectivity index (χ2n) is 4.63. The Morgan fingerprint density at radius 2 is 1.71 bits per heavy atom. The summed E-state index contributed by atoms with van der Waals surface area (Å²) in [5, 5.41) is 0. The van der Waals surface area contributed by atoms with Crippen LogP contribution in [0.15, 0.2) is 0 Å². The van der Waals surface area contributed by atoms with E-state index in [1.54, 1.807) is 6.92 Å². The smallest absolute Gasteiger partial charge is 0.305 e. The third-order valence-corrected chi connectivity index (χ3v) is 3.12. The van der Waals surface area contributed by atoms with Gasteiger partial charge in [0.1, 0.15) is 5.78 Å². The Bertz CT molecular complexity index is 224. The zero-order valence-corrected chi connectivity index (χ0v) is 11.5. The fraction of sp³-hybridized carbons (Fsp3) is 0.857. The van der Waals surface area contributed by atoms with Crippen LogP contribution in [0.25, 0.3) is 0 Å². The second-order valence-corrected chi connectivity index (χ2v) is 4.63. The van der Waals surface area contributed by atoms with Gasteiger partial charge in [-0.25, -0.2) is 0 Å². The largest absolute Gasteiger partial charge is 0.469 e. The minimum atomic E-state index is -0.127. The van der Waals surface area contributed by atoms with Crippen molar-refractivity contribution in [1.29, 1.82) is 0 Å². The Hall–Kier alpha value is -0.860. The highest BCUT2D eigenvalue weighted by molar-refractivity contribution is 5.78. The van der Waals surface area contributed by atoms with Crippen molar-refractivity contribution in [2.75, 3.05) is 7.11 Å². The molecule has 0 aliphatic rings. The number of carbonyl (C=O) groups is 2. The van der Waals surface area contributed by atoms with Crippen LogP contribution in [0.2, 0.25) is 0 Å². The quantitative estimate of drug-likeness (QED) is 0.435. The lowest BCUT2D eigenvalue weighted by atomic mass is 9.93. The van der Waals surface area contributed by atoms with Gasteiger partial charge < -0.3 is 4.74 Å². The fourth-order valence-corrected chi connectivity index (χ4v) is 2.02. The van der Waals surface area contributed by atoms with E-state index in [0.29, 0.717) is 12.2 Å². The van der Waals surface area contributed by atoms with Crippen LogP contribution in [0.5, 0.6) is 0 Å². The van der Waals surface area contributed by atoms with Crippen LogP contribution in [0.1, 0.15) is 65.2 Å². The van der Waals surface area contributed by atoms with Gasteiger partial charge in [-0.2, -0.15) is 0 Å². The Morgan fingerprint density at radius 1 is 1.06 bits per heavy atom. The first-order chi connectivity index (χ1) is 8.11. The second kappa shape index (κ2) is 10.3. The number of unbranched alkanes of at least 4 members (excludes halogenated alkanes) is 3. The van der Waals surface area contributed by atoms with Gasteiger partial charge in [-0.05, 0) is 26.2 Å². The van der Waals surface area contributed by atoms with Crippen LogP contribution < -0.4 is 0 Å². The van der Waals surface area contributed by atoms with Crippen molar-refractivity contribution >= 4 is 11.8 Å². The molecule has 17 heavy (non-hydrogen) atoms. The lowest BCUT2D eigenvalue weighted by Crippen LogP contribution is -2.10. The highest BCUT2D eigenvalue weighted by Crippen LogP contribution is 2.17. The monoisotopic (exact) mass is 242 g/mol. The van der Waals surface area contributed by atoms with Crippen LogP contribution in [-0.2, 0) is 14.3 Å². The molecule has 3 nitrogen and oxygen atoms in total. The van der Waals surface area contributed by atoms with Crippen LogP contribution in [0, 0.1) is 5.92 Å². The molecule has 0 aromatic carbocycles. The number of ketones is 1. The number of Topliss-reactive ketones (excluding diaryl/α,β-unsaturated/α-hetero) is 1. The maximum absolute atomic E-state index is 11.3. The summed E-state index contributed by atoms with van der Waals surface area (Å²) in [5.74, 6) is 0.444. The number of ether oxygens (including phenoxy) is 1. The lowest BCUT2D eigenvalue weighted by molar-refractivity contribution is -0.140. The molecule has 0 heterocycles. The normalized spacial score (nSPS) is 12.2. The van der Waals surface area contributed by atoms with Gasteiger partial charge in [0.25, 0.3) is 0 Å². The van der Waals surface area contributed by atoms with E-state index in [4.69, 9.17) is 0 Å². The summed E-state index contributed by atoms with van der Waals surface area (Å²) >= 11 is 0. The van der Waals surface area contributed by atoms with E-state index < -0.39 is 0 Å². The molecule has 0 radical (unpaired) electrons. The molecule has 0 aromatic rings. The van der Waals surface area contributed by atoms with Crippen LogP contribution in [0.4, 0.5) is 0 Å². The lowest BCUT2D eigenvalue weighted by Gasteiger charge is -2.11. The summed E-state index contributed by atoms with van der Waals surface area (Å²) in [6.45, 7) is 3.81.